The molecule has 1 aliphatic rings. The molecule has 6 nitrogen and oxygen atoms in total. The Morgan fingerprint density at radius 3 is 2.45 bits per heavy atom. The summed E-state index contributed by atoms with van der Waals surface area (Å²) in [7, 11) is 1.57. The third kappa shape index (κ3) is 4.69. The van der Waals surface area contributed by atoms with Gasteiger partial charge in [0, 0.05) is 4.47 Å². The Kier molecular flexibility index (Phi) is 6.62. The molecular formula is C25H18BrClN2O4. The van der Waals surface area contributed by atoms with Crippen molar-refractivity contribution in [1.29, 1.82) is 0 Å². The van der Waals surface area contributed by atoms with Crippen LogP contribution in [-0.2, 0) is 16.0 Å². The van der Waals surface area contributed by atoms with Gasteiger partial charge in [-0.25, -0.2) is 9.69 Å². The molecule has 0 atom stereocenters. The van der Waals surface area contributed by atoms with E-state index in [1.807, 2.05) is 30.3 Å². The second-order valence-corrected chi connectivity index (χ2v) is 8.50. The lowest BCUT2D eigenvalue weighted by Crippen LogP contribution is -2.54. The number of halogens is 2. The minimum atomic E-state index is -0.849. The van der Waals surface area contributed by atoms with Crippen molar-refractivity contribution >= 4 is 57.1 Å². The van der Waals surface area contributed by atoms with E-state index < -0.39 is 17.8 Å². The van der Waals surface area contributed by atoms with Crippen molar-refractivity contribution in [3.8, 4) is 5.75 Å². The summed E-state index contributed by atoms with van der Waals surface area (Å²) in [4.78, 5) is 39.2. The van der Waals surface area contributed by atoms with Crippen LogP contribution in [-0.4, -0.2) is 25.0 Å². The van der Waals surface area contributed by atoms with Gasteiger partial charge in [-0.05, 0) is 59.5 Å². The lowest BCUT2D eigenvalue weighted by atomic mass is 9.97. The number of hydrogen-bond donors (Lipinski definition) is 1. The number of para-hydroxylation sites is 1. The van der Waals surface area contributed by atoms with Crippen LogP contribution in [0.1, 0.15) is 16.7 Å². The number of rotatable bonds is 5. The Bertz CT molecular complexity index is 1310. The third-order valence-corrected chi connectivity index (χ3v) is 6.28. The third-order valence-electron chi connectivity index (χ3n) is 5.18. The summed E-state index contributed by atoms with van der Waals surface area (Å²) in [5.74, 6) is -0.873. The van der Waals surface area contributed by atoms with Gasteiger partial charge in [0.15, 0.2) is 0 Å². The smallest absolute Gasteiger partial charge is 0.335 e. The highest BCUT2D eigenvalue weighted by Gasteiger charge is 2.37. The molecular weight excluding hydrogens is 508 g/mol. The van der Waals surface area contributed by atoms with Crippen LogP contribution in [0.15, 0.2) is 76.8 Å². The molecule has 4 amide bonds. The van der Waals surface area contributed by atoms with Gasteiger partial charge in [-0.15, -0.1) is 0 Å². The second kappa shape index (κ2) is 9.60. The first-order chi connectivity index (χ1) is 15.9. The monoisotopic (exact) mass is 524 g/mol. The minimum absolute atomic E-state index is 0.173. The maximum absolute atomic E-state index is 13.2. The molecule has 0 spiro atoms. The molecule has 1 N–H and O–H groups in total. The molecule has 0 saturated carbocycles. The van der Waals surface area contributed by atoms with Gasteiger partial charge >= 0.3 is 6.03 Å². The topological polar surface area (TPSA) is 75.7 Å². The van der Waals surface area contributed by atoms with Gasteiger partial charge in [0.1, 0.15) is 11.3 Å². The van der Waals surface area contributed by atoms with E-state index in [0.29, 0.717) is 17.7 Å². The molecule has 0 bridgehead atoms. The van der Waals surface area contributed by atoms with Crippen LogP contribution in [0, 0.1) is 0 Å². The van der Waals surface area contributed by atoms with Gasteiger partial charge in [0.25, 0.3) is 11.8 Å². The summed E-state index contributed by atoms with van der Waals surface area (Å²) in [6.45, 7) is 0. The Morgan fingerprint density at radius 1 is 1.00 bits per heavy atom. The Morgan fingerprint density at radius 2 is 1.73 bits per heavy atom. The summed E-state index contributed by atoms with van der Waals surface area (Å²) >= 11 is 9.76. The quantitative estimate of drug-likeness (QED) is 0.359. The molecule has 0 aromatic heterocycles. The number of hydrogen-bond acceptors (Lipinski definition) is 4. The fraction of sp³-hybridized carbons (Fsp3) is 0.0800. The van der Waals surface area contributed by atoms with Crippen LogP contribution in [0.3, 0.4) is 0 Å². The summed E-state index contributed by atoms with van der Waals surface area (Å²) in [6, 6.07) is 18.8. The molecule has 3 aromatic carbocycles. The molecule has 0 unspecified atom stereocenters. The van der Waals surface area contributed by atoms with Crippen molar-refractivity contribution in [1.82, 2.24) is 5.32 Å². The average molecular weight is 526 g/mol. The molecule has 1 heterocycles. The molecule has 1 saturated heterocycles. The highest BCUT2D eigenvalue weighted by molar-refractivity contribution is 9.10. The first-order valence-electron chi connectivity index (χ1n) is 9.95. The Labute approximate surface area is 203 Å². The molecule has 1 fully saturated rings. The fourth-order valence-electron chi connectivity index (χ4n) is 3.51. The number of nitrogens with one attached hydrogen (secondary N) is 1. The number of benzene rings is 3. The predicted octanol–water partition coefficient (Wildman–Crippen LogP) is 5.37. The van der Waals surface area contributed by atoms with Crippen LogP contribution >= 0.6 is 27.5 Å². The number of carbonyl (C=O) groups is 3. The van der Waals surface area contributed by atoms with Crippen molar-refractivity contribution in [2.45, 2.75) is 6.42 Å². The first-order valence-corrected chi connectivity index (χ1v) is 11.1. The summed E-state index contributed by atoms with van der Waals surface area (Å²) in [5.41, 5.74) is 2.54. The summed E-state index contributed by atoms with van der Waals surface area (Å²) in [5, 5.41) is 2.44. The normalized spacial score (nSPS) is 15.1. The van der Waals surface area contributed by atoms with E-state index >= 15 is 0 Å². The van der Waals surface area contributed by atoms with E-state index in [-0.39, 0.29) is 16.3 Å². The standard InChI is InChI=1S/C25H18BrClN2O4/c1-33-18-11-10-15(17(13-18)12-16-6-2-3-7-20(16)26)14-19-23(30)28-25(32)29(24(19)31)22-9-5-4-8-21(22)27/h2-11,13-14H,12H2,1H3,(H,28,30,32)/b19-14+. The van der Waals surface area contributed by atoms with Gasteiger partial charge < -0.3 is 4.74 Å². The zero-order chi connectivity index (χ0) is 23.5. The zero-order valence-electron chi connectivity index (χ0n) is 17.5. The van der Waals surface area contributed by atoms with E-state index in [4.69, 9.17) is 16.3 Å². The fourth-order valence-corrected chi connectivity index (χ4v) is 4.16. The van der Waals surface area contributed by atoms with Crippen molar-refractivity contribution in [2.75, 3.05) is 12.0 Å². The molecule has 3 aromatic rings. The van der Waals surface area contributed by atoms with Crippen molar-refractivity contribution in [3.63, 3.8) is 0 Å². The molecule has 0 radical (unpaired) electrons. The van der Waals surface area contributed by atoms with Crippen molar-refractivity contribution in [2.24, 2.45) is 0 Å². The van der Waals surface area contributed by atoms with Gasteiger partial charge in [-0.1, -0.05) is 63.9 Å². The molecule has 8 heteroatoms. The number of nitrogens with zero attached hydrogens (tertiary/aromatic N) is 1. The van der Waals surface area contributed by atoms with Gasteiger partial charge in [-0.2, -0.15) is 0 Å². The van der Waals surface area contributed by atoms with E-state index in [9.17, 15) is 14.4 Å². The SMILES string of the molecule is COc1ccc(/C=C2\C(=O)NC(=O)N(c3ccccc3Cl)C2=O)c(Cc2ccccc2Br)c1. The predicted molar refractivity (Wildman–Crippen MR) is 130 cm³/mol. The highest BCUT2D eigenvalue weighted by atomic mass is 79.9. The molecule has 4 rings (SSSR count). The maximum atomic E-state index is 13.2. The molecule has 0 aliphatic carbocycles. The highest BCUT2D eigenvalue weighted by Crippen LogP contribution is 2.30. The number of amides is 4. The molecule has 166 valence electrons. The van der Waals surface area contributed by atoms with Crippen LogP contribution in [0.2, 0.25) is 5.02 Å². The number of urea groups is 1. The Balaban J connectivity index is 1.78. The molecule has 1 aliphatic heterocycles. The average Bonchev–Trinajstić information content (AvgIpc) is 2.80. The number of methoxy groups -OCH3 is 1. The summed E-state index contributed by atoms with van der Waals surface area (Å²) < 4.78 is 6.30. The van der Waals surface area contributed by atoms with Crippen LogP contribution in [0.5, 0.6) is 5.75 Å². The van der Waals surface area contributed by atoms with Gasteiger partial charge in [0.05, 0.1) is 17.8 Å². The number of anilines is 1. The van der Waals surface area contributed by atoms with Crippen LogP contribution in [0.4, 0.5) is 10.5 Å². The number of imide groups is 2. The Hall–Kier alpha value is -3.42. The van der Waals surface area contributed by atoms with Gasteiger partial charge in [-0.3, -0.25) is 14.9 Å². The first kappa shape index (κ1) is 22.8. The number of ether oxygens (including phenoxy) is 1. The zero-order valence-corrected chi connectivity index (χ0v) is 19.8. The number of carbonyl (C=O) groups excluding carboxylic acids is 3. The second-order valence-electron chi connectivity index (χ2n) is 7.24. The minimum Gasteiger partial charge on any atom is -0.497 e. The van der Waals surface area contributed by atoms with E-state index in [1.165, 1.54) is 6.08 Å². The van der Waals surface area contributed by atoms with E-state index in [2.05, 4.69) is 21.2 Å². The number of barbiturate groups is 1. The maximum Gasteiger partial charge on any atom is 0.335 e. The van der Waals surface area contributed by atoms with Gasteiger partial charge in [0.2, 0.25) is 0 Å². The van der Waals surface area contributed by atoms with Crippen molar-refractivity contribution in [3.05, 3.63) is 98.5 Å². The lowest BCUT2D eigenvalue weighted by molar-refractivity contribution is -0.122. The van der Waals surface area contributed by atoms with Crippen LogP contribution < -0.4 is 15.0 Å². The van der Waals surface area contributed by atoms with Crippen LogP contribution in [0.25, 0.3) is 6.08 Å². The lowest BCUT2D eigenvalue weighted by Gasteiger charge is -2.27. The van der Waals surface area contributed by atoms with Crippen molar-refractivity contribution < 1.29 is 19.1 Å². The van der Waals surface area contributed by atoms with E-state index in [1.54, 1.807) is 43.5 Å². The largest absolute Gasteiger partial charge is 0.497 e. The van der Waals surface area contributed by atoms with E-state index in [0.717, 1.165) is 20.5 Å². The summed E-state index contributed by atoms with van der Waals surface area (Å²) in [6.07, 6.45) is 2.01. The molecule has 33 heavy (non-hydrogen) atoms.